The first-order chi connectivity index (χ1) is 20.8. The van der Waals surface area contributed by atoms with Gasteiger partial charge in [0.1, 0.15) is 0 Å². The normalized spacial score (nSPS) is 18.7. The summed E-state index contributed by atoms with van der Waals surface area (Å²) < 4.78 is 93.0. The average Bonchev–Trinajstić information content (AvgIpc) is 3.71. The van der Waals surface area contributed by atoms with E-state index in [1.54, 1.807) is 12.3 Å². The lowest BCUT2D eigenvalue weighted by atomic mass is 9.81. The van der Waals surface area contributed by atoms with E-state index in [9.17, 15) is 40.3 Å². The Bertz CT molecular complexity index is 1480. The maximum atomic E-state index is 14.0. The topological polar surface area (TPSA) is 101 Å². The Labute approximate surface area is 247 Å². The second-order valence-corrected chi connectivity index (χ2v) is 11.6. The third-order valence-electron chi connectivity index (χ3n) is 8.05. The number of aromatic nitrogens is 4. The Morgan fingerprint density at radius 3 is 2.34 bits per heavy atom. The molecular weight excluding hydrogens is 597 g/mol. The number of hydrogen-bond acceptors (Lipinski definition) is 5. The Hall–Kier alpha value is -3.78. The summed E-state index contributed by atoms with van der Waals surface area (Å²) >= 11 is 0. The van der Waals surface area contributed by atoms with Crippen molar-refractivity contribution in [3.05, 3.63) is 59.3 Å². The van der Waals surface area contributed by atoms with Crippen molar-refractivity contribution in [3.63, 3.8) is 0 Å². The number of nitrogens with one attached hydrogen (secondary N) is 2. The van der Waals surface area contributed by atoms with Gasteiger partial charge in [0, 0.05) is 38.1 Å². The molecule has 2 amide bonds. The van der Waals surface area contributed by atoms with Crippen LogP contribution in [0.25, 0.3) is 5.65 Å². The summed E-state index contributed by atoms with van der Waals surface area (Å²) in [4.78, 5) is 34.0. The number of carbonyl (C=O) groups excluding carboxylic acids is 2. The molecule has 2 N–H and O–H groups in total. The third-order valence-corrected chi connectivity index (χ3v) is 8.05. The van der Waals surface area contributed by atoms with E-state index in [2.05, 4.69) is 25.7 Å². The second-order valence-electron chi connectivity index (χ2n) is 11.6. The number of alkyl halides is 7. The Balaban J connectivity index is 1.39. The number of halogens is 7. The second kappa shape index (κ2) is 12.7. The van der Waals surface area contributed by atoms with Crippen LogP contribution in [0.3, 0.4) is 0 Å². The number of carbonyl (C=O) groups is 2. The highest BCUT2D eigenvalue weighted by Crippen LogP contribution is 2.43. The fourth-order valence-corrected chi connectivity index (χ4v) is 5.59. The highest BCUT2D eigenvalue weighted by molar-refractivity contribution is 5.94. The van der Waals surface area contributed by atoms with E-state index in [0.29, 0.717) is 16.9 Å². The first-order valence-corrected chi connectivity index (χ1v) is 14.4. The van der Waals surface area contributed by atoms with Gasteiger partial charge in [-0.1, -0.05) is 0 Å². The minimum absolute atomic E-state index is 0.0343. The molecule has 0 bridgehead atoms. The van der Waals surface area contributed by atoms with Gasteiger partial charge >= 0.3 is 6.18 Å². The molecule has 0 spiro atoms. The summed E-state index contributed by atoms with van der Waals surface area (Å²) in [6.07, 6.45) is -3.07. The Morgan fingerprint density at radius 2 is 1.68 bits per heavy atom. The molecule has 5 rings (SSSR count). The number of hydrogen-bond donors (Lipinski definition) is 2. The van der Waals surface area contributed by atoms with Gasteiger partial charge in [0.2, 0.25) is 18.3 Å². The largest absolute Gasteiger partial charge is 0.389 e. The van der Waals surface area contributed by atoms with E-state index in [0.717, 1.165) is 12.8 Å². The number of pyridine rings is 1. The number of fused-ring (bicyclic) bond motifs is 1. The van der Waals surface area contributed by atoms with E-state index in [4.69, 9.17) is 0 Å². The molecule has 44 heavy (non-hydrogen) atoms. The molecule has 8 nitrogen and oxygen atoms in total. The van der Waals surface area contributed by atoms with Gasteiger partial charge in [0.15, 0.2) is 5.65 Å². The molecule has 2 fully saturated rings. The van der Waals surface area contributed by atoms with Crippen LogP contribution in [0, 0.1) is 11.8 Å². The summed E-state index contributed by atoms with van der Waals surface area (Å²) in [5, 5.41) is 9.89. The van der Waals surface area contributed by atoms with Crippen molar-refractivity contribution in [2.24, 2.45) is 11.8 Å². The maximum Gasteiger partial charge on any atom is 0.389 e. The fraction of sp³-hybridized carbons (Fsp3) is 0.552. The number of imidazole rings is 1. The van der Waals surface area contributed by atoms with Gasteiger partial charge in [0.25, 0.3) is 5.91 Å². The van der Waals surface area contributed by atoms with Gasteiger partial charge in [-0.2, -0.15) is 18.3 Å². The predicted molar refractivity (Wildman–Crippen MR) is 143 cm³/mol. The zero-order chi connectivity index (χ0) is 31.6. The molecule has 2 aliphatic rings. The SMILES string of the molecule is O=C(CCC(F)(F)F)N[C@@H](c1cnn2cc([C@@H](NC(=O)c3cncc(CC(F)F)c3)C3CCC(F)(F)CC3)nc2c1)C1CC1. The molecule has 0 radical (unpaired) electrons. The molecule has 15 heteroatoms. The van der Waals surface area contributed by atoms with E-state index < -0.39 is 67.6 Å². The minimum Gasteiger partial charge on any atom is -0.349 e. The lowest BCUT2D eigenvalue weighted by Gasteiger charge is -2.33. The summed E-state index contributed by atoms with van der Waals surface area (Å²) in [5.74, 6) is -4.55. The van der Waals surface area contributed by atoms with Crippen molar-refractivity contribution in [2.45, 2.75) is 88.4 Å². The van der Waals surface area contributed by atoms with Gasteiger partial charge in [-0.05, 0) is 60.8 Å². The van der Waals surface area contributed by atoms with Crippen molar-refractivity contribution in [1.82, 2.24) is 30.2 Å². The van der Waals surface area contributed by atoms with E-state index in [1.165, 1.54) is 29.2 Å². The van der Waals surface area contributed by atoms with Crippen molar-refractivity contribution < 1.29 is 40.3 Å². The molecule has 238 valence electrons. The van der Waals surface area contributed by atoms with Crippen LogP contribution in [0.4, 0.5) is 30.7 Å². The summed E-state index contributed by atoms with van der Waals surface area (Å²) in [6.45, 7) is 0. The zero-order valence-corrected chi connectivity index (χ0v) is 23.5. The van der Waals surface area contributed by atoms with Crippen molar-refractivity contribution in [2.75, 3.05) is 0 Å². The van der Waals surface area contributed by atoms with Crippen LogP contribution >= 0.6 is 0 Å². The van der Waals surface area contributed by atoms with Crippen LogP contribution < -0.4 is 10.6 Å². The molecule has 3 heterocycles. The van der Waals surface area contributed by atoms with Gasteiger partial charge in [-0.25, -0.2) is 27.1 Å². The van der Waals surface area contributed by atoms with E-state index in [1.807, 2.05) is 0 Å². The molecule has 2 saturated carbocycles. The molecule has 3 aromatic rings. The zero-order valence-electron chi connectivity index (χ0n) is 23.5. The quantitative estimate of drug-likeness (QED) is 0.249. The van der Waals surface area contributed by atoms with Gasteiger partial charge in [-0.15, -0.1) is 0 Å². The molecule has 3 aromatic heterocycles. The number of rotatable bonds is 11. The lowest BCUT2D eigenvalue weighted by molar-refractivity contribution is -0.144. The smallest absolute Gasteiger partial charge is 0.349 e. The summed E-state index contributed by atoms with van der Waals surface area (Å²) in [6, 6.07) is 1.58. The fourth-order valence-electron chi connectivity index (χ4n) is 5.59. The van der Waals surface area contributed by atoms with Crippen molar-refractivity contribution in [3.8, 4) is 0 Å². The van der Waals surface area contributed by atoms with Crippen molar-refractivity contribution in [1.29, 1.82) is 0 Å². The van der Waals surface area contributed by atoms with Crippen LogP contribution in [0.5, 0.6) is 0 Å². The molecule has 0 aromatic carbocycles. The molecule has 0 unspecified atom stereocenters. The number of amides is 2. The standard InChI is InChI=1S/C29H31F7N6O2/c30-22(31)10-16-9-20(13-37-12-16)27(44)41-26(18-3-6-28(32,33)7-4-18)21-15-42-23(39-21)11-19(14-38-42)25(17-1-2-17)40-24(43)5-8-29(34,35)36/h9,11-15,17-18,22,25-26H,1-8,10H2,(H,40,43)(H,41,44)/t25-,26+/m1/s1. The summed E-state index contributed by atoms with van der Waals surface area (Å²) in [7, 11) is 0. The van der Waals surface area contributed by atoms with E-state index in [-0.39, 0.29) is 42.7 Å². The Morgan fingerprint density at radius 1 is 0.977 bits per heavy atom. The van der Waals surface area contributed by atoms with Gasteiger partial charge < -0.3 is 10.6 Å². The van der Waals surface area contributed by atoms with Crippen LogP contribution in [0.2, 0.25) is 0 Å². The lowest BCUT2D eigenvalue weighted by Crippen LogP contribution is -2.37. The monoisotopic (exact) mass is 628 g/mol. The maximum absolute atomic E-state index is 14.0. The average molecular weight is 629 g/mol. The van der Waals surface area contributed by atoms with Crippen LogP contribution in [-0.4, -0.2) is 49.9 Å². The van der Waals surface area contributed by atoms with Crippen LogP contribution in [0.15, 0.2) is 36.9 Å². The summed E-state index contributed by atoms with van der Waals surface area (Å²) in [5.41, 5.74) is 1.42. The molecule has 0 saturated heterocycles. The van der Waals surface area contributed by atoms with Gasteiger partial charge in [0.05, 0.1) is 42.2 Å². The predicted octanol–water partition coefficient (Wildman–Crippen LogP) is 6.14. The molecular formula is C29H31F7N6O2. The van der Waals surface area contributed by atoms with Crippen LogP contribution in [-0.2, 0) is 11.2 Å². The van der Waals surface area contributed by atoms with Crippen LogP contribution in [0.1, 0.15) is 90.6 Å². The third kappa shape index (κ3) is 8.23. The van der Waals surface area contributed by atoms with Gasteiger partial charge in [-0.3, -0.25) is 14.6 Å². The van der Waals surface area contributed by atoms with Crippen molar-refractivity contribution >= 4 is 17.5 Å². The molecule has 2 aliphatic carbocycles. The Kier molecular flexibility index (Phi) is 9.12. The highest BCUT2D eigenvalue weighted by atomic mass is 19.4. The molecule has 0 aliphatic heterocycles. The first-order valence-electron chi connectivity index (χ1n) is 14.4. The highest BCUT2D eigenvalue weighted by Gasteiger charge is 2.40. The molecule has 2 atom stereocenters. The number of nitrogens with zero attached hydrogens (tertiary/aromatic N) is 4. The first kappa shape index (κ1) is 31.6. The minimum atomic E-state index is -4.45. The van der Waals surface area contributed by atoms with E-state index >= 15 is 0 Å².